The molecule has 0 N–H and O–H groups in total. The molecule has 4 aromatic rings. The SMILES string of the molecule is Cc1c(C(=O)c2ccc(Br)cc2)c2ccccc2n1C(=O)c1ccccc1. The highest BCUT2D eigenvalue weighted by Gasteiger charge is 2.24. The maximum atomic E-state index is 13.2. The standard InChI is InChI=1S/C23H16BrNO2/c1-15-21(22(26)16-11-13-18(24)14-12-16)19-9-5-6-10-20(19)25(15)23(27)17-7-3-2-4-8-17/h2-14H,1H3. The van der Waals surface area contributed by atoms with Crippen LogP contribution in [0.2, 0.25) is 0 Å². The Labute approximate surface area is 165 Å². The first-order valence-corrected chi connectivity index (χ1v) is 9.37. The third kappa shape index (κ3) is 3.02. The van der Waals surface area contributed by atoms with E-state index in [9.17, 15) is 9.59 Å². The number of nitrogens with zero attached hydrogens (tertiary/aromatic N) is 1. The third-order valence-electron chi connectivity index (χ3n) is 4.67. The van der Waals surface area contributed by atoms with Crippen molar-refractivity contribution in [1.82, 2.24) is 4.57 Å². The van der Waals surface area contributed by atoms with E-state index in [1.165, 1.54) is 0 Å². The molecular weight excluding hydrogens is 402 g/mol. The van der Waals surface area contributed by atoms with Gasteiger partial charge in [0.25, 0.3) is 5.91 Å². The summed E-state index contributed by atoms with van der Waals surface area (Å²) in [7, 11) is 0. The van der Waals surface area contributed by atoms with Gasteiger partial charge in [-0.15, -0.1) is 0 Å². The molecule has 27 heavy (non-hydrogen) atoms. The van der Waals surface area contributed by atoms with Crippen molar-refractivity contribution in [3.63, 3.8) is 0 Å². The highest BCUT2D eigenvalue weighted by atomic mass is 79.9. The van der Waals surface area contributed by atoms with Crippen LogP contribution in [-0.2, 0) is 0 Å². The van der Waals surface area contributed by atoms with Gasteiger partial charge in [-0.25, -0.2) is 0 Å². The third-order valence-corrected chi connectivity index (χ3v) is 5.20. The van der Waals surface area contributed by atoms with Crippen LogP contribution in [0.1, 0.15) is 32.0 Å². The highest BCUT2D eigenvalue weighted by Crippen LogP contribution is 2.29. The number of rotatable bonds is 3. The van der Waals surface area contributed by atoms with Crippen LogP contribution in [0.3, 0.4) is 0 Å². The Kier molecular flexibility index (Phi) is 4.50. The molecule has 0 amide bonds. The van der Waals surface area contributed by atoms with E-state index in [-0.39, 0.29) is 11.7 Å². The first-order chi connectivity index (χ1) is 13.1. The fraction of sp³-hybridized carbons (Fsp3) is 0.0435. The highest BCUT2D eigenvalue weighted by molar-refractivity contribution is 9.10. The van der Waals surface area contributed by atoms with Gasteiger partial charge in [0.2, 0.25) is 0 Å². The molecule has 3 nitrogen and oxygen atoms in total. The molecule has 0 saturated heterocycles. The van der Waals surface area contributed by atoms with Crippen LogP contribution in [0.5, 0.6) is 0 Å². The number of halogens is 1. The van der Waals surface area contributed by atoms with E-state index in [0.717, 1.165) is 15.4 Å². The molecule has 0 aliphatic carbocycles. The summed E-state index contributed by atoms with van der Waals surface area (Å²) in [6.07, 6.45) is 0. The number of ketones is 1. The van der Waals surface area contributed by atoms with Gasteiger partial charge in [-0.3, -0.25) is 14.2 Å². The Morgan fingerprint density at radius 3 is 2.11 bits per heavy atom. The molecule has 0 bridgehead atoms. The number of hydrogen-bond acceptors (Lipinski definition) is 2. The van der Waals surface area contributed by atoms with Gasteiger partial charge in [0.05, 0.1) is 11.1 Å². The molecule has 0 atom stereocenters. The fourth-order valence-electron chi connectivity index (χ4n) is 3.37. The Morgan fingerprint density at radius 1 is 0.778 bits per heavy atom. The summed E-state index contributed by atoms with van der Waals surface area (Å²) in [6.45, 7) is 1.83. The van der Waals surface area contributed by atoms with Crippen molar-refractivity contribution in [2.24, 2.45) is 0 Å². The molecule has 132 valence electrons. The monoisotopic (exact) mass is 417 g/mol. The molecule has 0 unspecified atom stereocenters. The lowest BCUT2D eigenvalue weighted by molar-refractivity contribution is 0.0963. The summed E-state index contributed by atoms with van der Waals surface area (Å²) in [5.41, 5.74) is 3.14. The van der Waals surface area contributed by atoms with Crippen LogP contribution in [0.25, 0.3) is 10.9 Å². The molecular formula is C23H16BrNO2. The molecule has 0 aliphatic heterocycles. The average Bonchev–Trinajstić information content (AvgIpc) is 3.00. The van der Waals surface area contributed by atoms with Gasteiger partial charge in [-0.2, -0.15) is 0 Å². The zero-order valence-corrected chi connectivity index (χ0v) is 16.2. The Morgan fingerprint density at radius 2 is 1.41 bits per heavy atom. The van der Waals surface area contributed by atoms with Crippen molar-refractivity contribution < 1.29 is 9.59 Å². The van der Waals surface area contributed by atoms with Crippen LogP contribution < -0.4 is 0 Å². The Balaban J connectivity index is 1.93. The van der Waals surface area contributed by atoms with Crippen molar-refractivity contribution in [2.45, 2.75) is 6.92 Å². The van der Waals surface area contributed by atoms with Gasteiger partial charge in [0, 0.05) is 26.7 Å². The topological polar surface area (TPSA) is 39.1 Å². The fourth-order valence-corrected chi connectivity index (χ4v) is 3.64. The molecule has 0 radical (unpaired) electrons. The first-order valence-electron chi connectivity index (χ1n) is 8.58. The number of fused-ring (bicyclic) bond motifs is 1. The number of hydrogen-bond donors (Lipinski definition) is 0. The van der Waals surface area contributed by atoms with E-state index in [1.54, 1.807) is 28.8 Å². The number of carbonyl (C=O) groups is 2. The summed E-state index contributed by atoms with van der Waals surface area (Å²) >= 11 is 3.39. The van der Waals surface area contributed by atoms with Gasteiger partial charge in [0.15, 0.2) is 5.78 Å². The van der Waals surface area contributed by atoms with Gasteiger partial charge in [-0.05, 0) is 49.4 Å². The molecule has 0 saturated carbocycles. The number of carbonyl (C=O) groups excluding carboxylic acids is 2. The lowest BCUT2D eigenvalue weighted by Crippen LogP contribution is -2.14. The van der Waals surface area contributed by atoms with Crippen molar-refractivity contribution in [3.05, 3.63) is 106 Å². The summed E-state index contributed by atoms with van der Waals surface area (Å²) in [6, 6.07) is 23.9. The van der Waals surface area contributed by atoms with E-state index < -0.39 is 0 Å². The largest absolute Gasteiger partial charge is 0.289 e. The quantitative estimate of drug-likeness (QED) is 0.405. The van der Waals surface area contributed by atoms with E-state index in [2.05, 4.69) is 15.9 Å². The van der Waals surface area contributed by atoms with Crippen molar-refractivity contribution in [1.29, 1.82) is 0 Å². The maximum absolute atomic E-state index is 13.2. The molecule has 0 aliphatic rings. The minimum absolute atomic E-state index is 0.0872. The Hall–Kier alpha value is -2.98. The van der Waals surface area contributed by atoms with Crippen LogP contribution in [0.4, 0.5) is 0 Å². The number of para-hydroxylation sites is 1. The average molecular weight is 418 g/mol. The number of aromatic nitrogens is 1. The molecule has 0 fully saturated rings. The number of benzene rings is 3. The molecule has 1 heterocycles. The predicted octanol–water partition coefficient (Wildman–Crippen LogP) is 5.63. The van der Waals surface area contributed by atoms with E-state index in [1.807, 2.05) is 61.5 Å². The summed E-state index contributed by atoms with van der Waals surface area (Å²) in [5.74, 6) is -0.227. The van der Waals surface area contributed by atoms with Gasteiger partial charge >= 0.3 is 0 Å². The zero-order chi connectivity index (χ0) is 19.0. The maximum Gasteiger partial charge on any atom is 0.262 e. The van der Waals surface area contributed by atoms with Gasteiger partial charge in [-0.1, -0.05) is 52.3 Å². The minimum atomic E-state index is -0.140. The normalized spacial score (nSPS) is 10.9. The molecule has 0 spiro atoms. The van der Waals surface area contributed by atoms with E-state index in [4.69, 9.17) is 0 Å². The summed E-state index contributed by atoms with van der Waals surface area (Å²) in [4.78, 5) is 26.4. The summed E-state index contributed by atoms with van der Waals surface area (Å²) < 4.78 is 2.55. The van der Waals surface area contributed by atoms with Crippen LogP contribution in [-0.4, -0.2) is 16.3 Å². The zero-order valence-electron chi connectivity index (χ0n) is 14.6. The molecule has 3 aromatic carbocycles. The molecule has 4 heteroatoms. The predicted molar refractivity (Wildman–Crippen MR) is 110 cm³/mol. The lowest BCUT2D eigenvalue weighted by atomic mass is 10.0. The van der Waals surface area contributed by atoms with Crippen molar-refractivity contribution in [3.8, 4) is 0 Å². The first kappa shape index (κ1) is 17.4. The summed E-state index contributed by atoms with van der Waals surface area (Å²) in [5, 5.41) is 0.784. The molecule has 4 rings (SSSR count). The van der Waals surface area contributed by atoms with E-state index in [0.29, 0.717) is 22.4 Å². The van der Waals surface area contributed by atoms with Crippen LogP contribution in [0, 0.1) is 6.92 Å². The van der Waals surface area contributed by atoms with Crippen LogP contribution >= 0.6 is 15.9 Å². The second-order valence-electron chi connectivity index (χ2n) is 6.32. The van der Waals surface area contributed by atoms with Crippen molar-refractivity contribution in [2.75, 3.05) is 0 Å². The van der Waals surface area contributed by atoms with E-state index >= 15 is 0 Å². The van der Waals surface area contributed by atoms with Gasteiger partial charge < -0.3 is 0 Å². The minimum Gasteiger partial charge on any atom is -0.289 e. The lowest BCUT2D eigenvalue weighted by Gasteiger charge is -2.07. The van der Waals surface area contributed by atoms with Gasteiger partial charge in [0.1, 0.15) is 0 Å². The molecule has 1 aromatic heterocycles. The Bertz CT molecular complexity index is 1160. The van der Waals surface area contributed by atoms with Crippen LogP contribution in [0.15, 0.2) is 83.3 Å². The second kappa shape index (κ2) is 6.97. The smallest absolute Gasteiger partial charge is 0.262 e. The van der Waals surface area contributed by atoms with Crippen molar-refractivity contribution >= 4 is 38.5 Å². The second-order valence-corrected chi connectivity index (χ2v) is 7.24.